The van der Waals surface area contributed by atoms with Crippen molar-refractivity contribution in [1.82, 2.24) is 14.8 Å². The van der Waals surface area contributed by atoms with Crippen LogP contribution in [0.25, 0.3) is 16.9 Å². The molecule has 2 heterocycles. The highest BCUT2D eigenvalue weighted by Gasteiger charge is 2.19. The Labute approximate surface area is 157 Å². The monoisotopic (exact) mass is 354 g/mol. The van der Waals surface area contributed by atoms with E-state index >= 15 is 0 Å². The number of hydrogen-bond acceptors (Lipinski definition) is 3. The summed E-state index contributed by atoms with van der Waals surface area (Å²) in [7, 11) is 0. The number of rotatable bonds is 4. The smallest absolute Gasteiger partial charge is 0.260 e. The molecule has 1 amide bonds. The highest BCUT2D eigenvalue weighted by atomic mass is 16.1. The van der Waals surface area contributed by atoms with Crippen molar-refractivity contribution >= 4 is 11.7 Å². The number of nitrogens with one attached hydrogen (secondary N) is 1. The zero-order valence-electron chi connectivity index (χ0n) is 14.8. The lowest BCUT2D eigenvalue weighted by Gasteiger charge is -2.05. The number of aryl methyl sites for hydroxylation is 1. The summed E-state index contributed by atoms with van der Waals surface area (Å²) in [6.45, 7) is 1.95. The molecule has 2 aromatic heterocycles. The van der Waals surface area contributed by atoms with Crippen LogP contribution in [0.2, 0.25) is 0 Å². The topological polar surface area (TPSA) is 59.8 Å². The molecule has 5 heteroatoms. The Kier molecular flexibility index (Phi) is 4.49. The Balaban J connectivity index is 1.74. The van der Waals surface area contributed by atoms with E-state index in [0.717, 1.165) is 16.8 Å². The summed E-state index contributed by atoms with van der Waals surface area (Å²) in [5.74, 6) is 0.268. The van der Waals surface area contributed by atoms with Crippen LogP contribution in [0, 0.1) is 6.92 Å². The fourth-order valence-electron chi connectivity index (χ4n) is 2.79. The van der Waals surface area contributed by atoms with Gasteiger partial charge in [0.25, 0.3) is 5.91 Å². The Hall–Kier alpha value is -3.73. The highest BCUT2D eigenvalue weighted by Crippen LogP contribution is 2.24. The van der Waals surface area contributed by atoms with Gasteiger partial charge in [0.15, 0.2) is 0 Å². The van der Waals surface area contributed by atoms with Crippen LogP contribution in [-0.4, -0.2) is 20.7 Å². The molecule has 0 unspecified atom stereocenters. The van der Waals surface area contributed by atoms with Crippen LogP contribution >= 0.6 is 0 Å². The molecule has 0 aliphatic rings. The number of para-hydroxylation sites is 1. The van der Waals surface area contributed by atoms with E-state index in [-0.39, 0.29) is 5.91 Å². The Morgan fingerprint density at radius 3 is 2.30 bits per heavy atom. The van der Waals surface area contributed by atoms with Gasteiger partial charge in [0.05, 0.1) is 11.3 Å². The minimum absolute atomic E-state index is 0.243. The summed E-state index contributed by atoms with van der Waals surface area (Å²) in [6.07, 6.45) is 3.47. The van der Waals surface area contributed by atoms with Crippen LogP contribution < -0.4 is 5.32 Å². The lowest BCUT2D eigenvalue weighted by molar-refractivity contribution is 0.102. The molecule has 1 N–H and O–H groups in total. The predicted molar refractivity (Wildman–Crippen MR) is 106 cm³/mol. The van der Waals surface area contributed by atoms with Crippen molar-refractivity contribution in [3.05, 3.63) is 96.3 Å². The third-order valence-electron chi connectivity index (χ3n) is 4.18. The number of aromatic nitrogens is 3. The molecule has 0 bridgehead atoms. The summed E-state index contributed by atoms with van der Waals surface area (Å²) in [5.41, 5.74) is 3.93. The number of carbonyl (C=O) groups is 1. The number of pyridine rings is 1. The number of hydrogen-bond donors (Lipinski definition) is 1. The number of benzene rings is 2. The second kappa shape index (κ2) is 7.25. The normalized spacial score (nSPS) is 10.6. The van der Waals surface area contributed by atoms with E-state index in [2.05, 4.69) is 15.4 Å². The second-order valence-corrected chi connectivity index (χ2v) is 6.21. The van der Waals surface area contributed by atoms with Crippen LogP contribution in [0.1, 0.15) is 15.9 Å². The number of amides is 1. The molecule has 4 aromatic rings. The van der Waals surface area contributed by atoms with Gasteiger partial charge in [-0.05, 0) is 30.7 Å². The minimum Gasteiger partial charge on any atom is -0.306 e. The van der Waals surface area contributed by atoms with Crippen LogP contribution in [0.5, 0.6) is 0 Å². The number of carbonyl (C=O) groups excluding carboxylic acids is 1. The molecule has 0 radical (unpaired) electrons. The number of anilines is 1. The van der Waals surface area contributed by atoms with Gasteiger partial charge in [0.1, 0.15) is 11.5 Å². The molecular weight excluding hydrogens is 336 g/mol. The fourth-order valence-corrected chi connectivity index (χ4v) is 2.79. The van der Waals surface area contributed by atoms with Gasteiger partial charge in [-0.15, -0.1) is 0 Å². The predicted octanol–water partition coefficient (Wildman–Crippen LogP) is 4.50. The van der Waals surface area contributed by atoms with E-state index in [1.54, 1.807) is 23.1 Å². The van der Waals surface area contributed by atoms with Gasteiger partial charge in [-0.3, -0.25) is 4.79 Å². The first-order valence-corrected chi connectivity index (χ1v) is 8.65. The van der Waals surface area contributed by atoms with Crippen molar-refractivity contribution in [3.8, 4) is 16.9 Å². The van der Waals surface area contributed by atoms with Crippen molar-refractivity contribution < 1.29 is 4.79 Å². The van der Waals surface area contributed by atoms with Crippen LogP contribution in [0.3, 0.4) is 0 Å². The van der Waals surface area contributed by atoms with Gasteiger partial charge < -0.3 is 5.32 Å². The molecule has 0 atom stereocenters. The lowest BCUT2D eigenvalue weighted by atomic mass is 10.1. The van der Waals surface area contributed by atoms with Crippen molar-refractivity contribution in [2.24, 2.45) is 0 Å². The van der Waals surface area contributed by atoms with Crippen molar-refractivity contribution in [1.29, 1.82) is 0 Å². The first kappa shape index (κ1) is 16.7. The molecule has 2 aromatic carbocycles. The van der Waals surface area contributed by atoms with E-state index in [4.69, 9.17) is 0 Å². The minimum atomic E-state index is -0.243. The van der Waals surface area contributed by atoms with Gasteiger partial charge in [0.2, 0.25) is 0 Å². The molecule has 0 fully saturated rings. The van der Waals surface area contributed by atoms with E-state index in [9.17, 15) is 4.79 Å². The first-order valence-electron chi connectivity index (χ1n) is 8.65. The first-order chi connectivity index (χ1) is 13.2. The Bertz CT molecular complexity index is 1050. The quantitative estimate of drug-likeness (QED) is 0.587. The summed E-state index contributed by atoms with van der Waals surface area (Å²) in [6, 6.07) is 23.1. The van der Waals surface area contributed by atoms with Crippen LogP contribution in [0.15, 0.2) is 85.2 Å². The highest BCUT2D eigenvalue weighted by molar-refractivity contribution is 6.07. The molecule has 5 nitrogen and oxygen atoms in total. The molecule has 27 heavy (non-hydrogen) atoms. The van der Waals surface area contributed by atoms with Gasteiger partial charge in [-0.1, -0.05) is 54.6 Å². The van der Waals surface area contributed by atoms with E-state index in [0.29, 0.717) is 17.1 Å². The molecule has 4 rings (SSSR count). The molecule has 0 spiro atoms. The van der Waals surface area contributed by atoms with E-state index in [1.165, 1.54) is 0 Å². The zero-order chi connectivity index (χ0) is 18.6. The second-order valence-electron chi connectivity index (χ2n) is 6.21. The summed E-state index contributed by atoms with van der Waals surface area (Å²) >= 11 is 0. The maximum atomic E-state index is 12.9. The van der Waals surface area contributed by atoms with E-state index < -0.39 is 0 Å². The van der Waals surface area contributed by atoms with Gasteiger partial charge in [-0.25, -0.2) is 9.67 Å². The standard InChI is InChI=1S/C22H18N4O/c1-16-12-13-20(23-14-16)24-22(27)19-15-26(18-10-6-3-7-11-18)25-21(19)17-8-4-2-5-9-17/h2-15H,1H3,(H,23,24,27). The molecule has 0 aliphatic heterocycles. The molecule has 0 saturated heterocycles. The van der Waals surface area contributed by atoms with Gasteiger partial charge in [0, 0.05) is 18.0 Å². The van der Waals surface area contributed by atoms with Crippen molar-refractivity contribution in [2.45, 2.75) is 6.92 Å². The molecule has 132 valence electrons. The summed E-state index contributed by atoms with van der Waals surface area (Å²) in [5, 5.41) is 7.52. The largest absolute Gasteiger partial charge is 0.306 e. The lowest BCUT2D eigenvalue weighted by Crippen LogP contribution is -2.13. The van der Waals surface area contributed by atoms with Gasteiger partial charge in [-0.2, -0.15) is 5.10 Å². The Morgan fingerprint density at radius 1 is 0.926 bits per heavy atom. The molecular formula is C22H18N4O. The molecule has 0 saturated carbocycles. The van der Waals surface area contributed by atoms with Gasteiger partial charge >= 0.3 is 0 Å². The third-order valence-corrected chi connectivity index (χ3v) is 4.18. The summed E-state index contributed by atoms with van der Waals surface area (Å²) < 4.78 is 1.72. The SMILES string of the molecule is Cc1ccc(NC(=O)c2cn(-c3ccccc3)nc2-c2ccccc2)nc1. The maximum Gasteiger partial charge on any atom is 0.260 e. The Morgan fingerprint density at radius 2 is 1.63 bits per heavy atom. The summed E-state index contributed by atoms with van der Waals surface area (Å²) in [4.78, 5) is 17.2. The maximum absolute atomic E-state index is 12.9. The average Bonchev–Trinajstić information content (AvgIpc) is 3.17. The average molecular weight is 354 g/mol. The zero-order valence-corrected chi connectivity index (χ0v) is 14.8. The van der Waals surface area contributed by atoms with Crippen molar-refractivity contribution in [3.63, 3.8) is 0 Å². The molecule has 0 aliphatic carbocycles. The number of nitrogens with zero attached hydrogens (tertiary/aromatic N) is 3. The van der Waals surface area contributed by atoms with Crippen molar-refractivity contribution in [2.75, 3.05) is 5.32 Å². The van der Waals surface area contributed by atoms with E-state index in [1.807, 2.05) is 73.7 Å². The fraction of sp³-hybridized carbons (Fsp3) is 0.0455. The van der Waals surface area contributed by atoms with Crippen LogP contribution in [0.4, 0.5) is 5.82 Å². The van der Waals surface area contributed by atoms with Crippen LogP contribution in [-0.2, 0) is 0 Å². The third kappa shape index (κ3) is 3.62.